The van der Waals surface area contributed by atoms with Crippen molar-refractivity contribution in [2.75, 3.05) is 24.6 Å². The molecule has 0 spiro atoms. The van der Waals surface area contributed by atoms with Gasteiger partial charge in [0.2, 0.25) is 11.8 Å². The van der Waals surface area contributed by atoms with E-state index in [-0.39, 0.29) is 17.9 Å². The number of aromatic nitrogens is 2. The van der Waals surface area contributed by atoms with E-state index >= 15 is 0 Å². The first kappa shape index (κ1) is 20.6. The van der Waals surface area contributed by atoms with E-state index in [1.54, 1.807) is 11.3 Å². The molecule has 2 aromatic rings. The summed E-state index contributed by atoms with van der Waals surface area (Å²) in [6.07, 6.45) is 3.02. The molecule has 3 heterocycles. The van der Waals surface area contributed by atoms with E-state index in [1.807, 2.05) is 17.9 Å². The number of thioether (sulfide) groups is 2. The molecule has 0 saturated carbocycles. The Kier molecular flexibility index (Phi) is 7.98. The summed E-state index contributed by atoms with van der Waals surface area (Å²) in [5.41, 5.74) is 0. The fraction of sp³-hybridized carbons (Fsp3) is 0.529. The number of carbonyl (C=O) groups excluding carboxylic acids is 2. The van der Waals surface area contributed by atoms with Crippen LogP contribution in [0.1, 0.15) is 37.1 Å². The zero-order valence-electron chi connectivity index (χ0n) is 15.1. The second-order valence-electron chi connectivity index (χ2n) is 6.02. The summed E-state index contributed by atoms with van der Waals surface area (Å²) in [6.45, 7) is 3.54. The number of hydrogen-bond acceptors (Lipinski definition) is 8. The molecule has 1 saturated heterocycles. The van der Waals surface area contributed by atoms with Crippen LogP contribution in [0.25, 0.3) is 0 Å². The highest BCUT2D eigenvalue weighted by atomic mass is 32.2. The highest BCUT2D eigenvalue weighted by Gasteiger charge is 2.30. The summed E-state index contributed by atoms with van der Waals surface area (Å²) >= 11 is 5.96. The van der Waals surface area contributed by atoms with Gasteiger partial charge in [-0.25, -0.2) is 0 Å². The van der Waals surface area contributed by atoms with E-state index in [1.165, 1.54) is 39.7 Å². The second kappa shape index (κ2) is 10.4. The summed E-state index contributed by atoms with van der Waals surface area (Å²) in [4.78, 5) is 27.6. The maximum atomic E-state index is 12.7. The molecule has 1 N–H and O–H groups in total. The molecule has 2 aromatic heterocycles. The number of rotatable bonds is 9. The second-order valence-corrected chi connectivity index (χ2v) is 10.4. The topological polar surface area (TPSA) is 75.2 Å². The number of amides is 2. The van der Waals surface area contributed by atoms with Crippen LogP contribution in [0.4, 0.5) is 0 Å². The van der Waals surface area contributed by atoms with Crippen molar-refractivity contribution in [1.82, 2.24) is 20.4 Å². The van der Waals surface area contributed by atoms with Crippen molar-refractivity contribution in [2.24, 2.45) is 0 Å². The van der Waals surface area contributed by atoms with Gasteiger partial charge in [-0.15, -0.1) is 21.5 Å². The van der Waals surface area contributed by atoms with Crippen molar-refractivity contribution in [1.29, 1.82) is 0 Å². The minimum absolute atomic E-state index is 0.00934. The largest absolute Gasteiger partial charge is 0.355 e. The predicted octanol–water partition coefficient (Wildman–Crippen LogP) is 3.67. The van der Waals surface area contributed by atoms with Crippen molar-refractivity contribution in [2.45, 2.75) is 40.9 Å². The zero-order valence-corrected chi connectivity index (χ0v) is 18.3. The molecule has 0 aliphatic carbocycles. The number of nitrogens with one attached hydrogen (secondary N) is 1. The third-order valence-corrected chi connectivity index (χ3v) is 8.20. The van der Waals surface area contributed by atoms with Gasteiger partial charge >= 0.3 is 0 Å². The average molecular weight is 443 g/mol. The van der Waals surface area contributed by atoms with Gasteiger partial charge in [0.1, 0.15) is 0 Å². The minimum atomic E-state index is 0.00934. The van der Waals surface area contributed by atoms with Gasteiger partial charge in [-0.05, 0) is 30.7 Å². The predicted molar refractivity (Wildman–Crippen MR) is 113 cm³/mol. The van der Waals surface area contributed by atoms with Crippen molar-refractivity contribution in [3.63, 3.8) is 0 Å². The molecule has 0 radical (unpaired) electrons. The van der Waals surface area contributed by atoms with Crippen LogP contribution < -0.4 is 5.32 Å². The summed E-state index contributed by atoms with van der Waals surface area (Å²) < 4.78 is 1.53. The van der Waals surface area contributed by atoms with E-state index in [2.05, 4.69) is 27.0 Å². The van der Waals surface area contributed by atoms with Crippen LogP contribution in [0.2, 0.25) is 0 Å². The van der Waals surface area contributed by atoms with E-state index in [0.29, 0.717) is 18.1 Å². The third kappa shape index (κ3) is 5.94. The lowest BCUT2D eigenvalue weighted by Crippen LogP contribution is -2.31. The fourth-order valence-corrected chi connectivity index (χ4v) is 6.41. The Bertz CT molecular complexity index is 750. The van der Waals surface area contributed by atoms with E-state index in [9.17, 15) is 9.59 Å². The standard InChI is InChI=1S/C17H22N4O2S4/c1-2-7-18-14(22)10-25-16-19-20-17(27-16)26-11-15(23)21-8-3-5-12(21)13-6-4-9-24-13/h4,6,9,12H,2-3,5,7-8,10-11H2,1H3,(H,18,22). The van der Waals surface area contributed by atoms with Crippen LogP contribution in [0.3, 0.4) is 0 Å². The van der Waals surface area contributed by atoms with Gasteiger partial charge in [0, 0.05) is 18.0 Å². The lowest BCUT2D eigenvalue weighted by atomic mass is 10.2. The molecule has 0 aromatic carbocycles. The van der Waals surface area contributed by atoms with Crippen molar-refractivity contribution < 1.29 is 9.59 Å². The highest BCUT2D eigenvalue weighted by Crippen LogP contribution is 2.35. The van der Waals surface area contributed by atoms with Gasteiger partial charge in [-0.3, -0.25) is 9.59 Å². The molecular formula is C17H22N4O2S4. The SMILES string of the molecule is CCCNC(=O)CSc1nnc(SCC(=O)N2CCCC2c2cccs2)s1. The Morgan fingerprint density at radius 3 is 2.78 bits per heavy atom. The van der Waals surface area contributed by atoms with Gasteiger partial charge < -0.3 is 10.2 Å². The Labute approximate surface area is 175 Å². The first-order valence-electron chi connectivity index (χ1n) is 8.86. The number of thiophene rings is 1. The molecule has 1 atom stereocenters. The van der Waals surface area contributed by atoms with Crippen LogP contribution in [-0.2, 0) is 9.59 Å². The molecule has 1 aliphatic rings. The lowest BCUT2D eigenvalue weighted by Gasteiger charge is -2.23. The first-order valence-corrected chi connectivity index (χ1v) is 12.5. The number of carbonyl (C=O) groups is 2. The number of hydrogen-bond donors (Lipinski definition) is 1. The Morgan fingerprint density at radius 2 is 2.07 bits per heavy atom. The summed E-state index contributed by atoms with van der Waals surface area (Å²) in [6, 6.07) is 4.37. The molecule has 0 bridgehead atoms. The van der Waals surface area contributed by atoms with Gasteiger partial charge in [0.15, 0.2) is 8.68 Å². The molecule has 1 unspecified atom stereocenters. The maximum absolute atomic E-state index is 12.7. The number of nitrogens with zero attached hydrogens (tertiary/aromatic N) is 3. The normalized spacial score (nSPS) is 16.6. The maximum Gasteiger partial charge on any atom is 0.233 e. The smallest absolute Gasteiger partial charge is 0.233 e. The Hall–Kier alpha value is -1.10. The Balaban J connectivity index is 1.45. The average Bonchev–Trinajstić information content (AvgIpc) is 3.43. The first-order chi connectivity index (χ1) is 13.2. The highest BCUT2D eigenvalue weighted by molar-refractivity contribution is 8.03. The van der Waals surface area contributed by atoms with Crippen LogP contribution >= 0.6 is 46.2 Å². The van der Waals surface area contributed by atoms with Crippen LogP contribution in [0.15, 0.2) is 26.2 Å². The fourth-order valence-electron chi connectivity index (χ4n) is 2.80. The molecule has 3 rings (SSSR count). The molecule has 146 valence electrons. The van der Waals surface area contributed by atoms with Crippen LogP contribution in [0, 0.1) is 0 Å². The van der Waals surface area contributed by atoms with Gasteiger partial charge in [0.05, 0.1) is 17.5 Å². The van der Waals surface area contributed by atoms with Crippen molar-refractivity contribution in [3.8, 4) is 0 Å². The zero-order chi connectivity index (χ0) is 19.1. The Morgan fingerprint density at radius 1 is 1.30 bits per heavy atom. The monoisotopic (exact) mass is 442 g/mol. The summed E-state index contributed by atoms with van der Waals surface area (Å²) in [5, 5.41) is 13.1. The van der Waals surface area contributed by atoms with Crippen LogP contribution in [-0.4, -0.2) is 51.5 Å². The molecule has 2 amide bonds. The number of likely N-dealkylation sites (tertiary alicyclic amines) is 1. The summed E-state index contributed by atoms with van der Waals surface area (Å²) in [7, 11) is 0. The third-order valence-electron chi connectivity index (χ3n) is 4.05. The van der Waals surface area contributed by atoms with E-state index < -0.39 is 0 Å². The lowest BCUT2D eigenvalue weighted by molar-refractivity contribution is -0.129. The van der Waals surface area contributed by atoms with Gasteiger partial charge in [0.25, 0.3) is 0 Å². The van der Waals surface area contributed by atoms with Gasteiger partial charge in [-0.2, -0.15) is 0 Å². The molecule has 1 fully saturated rings. The molecule has 1 aliphatic heterocycles. The molecule has 27 heavy (non-hydrogen) atoms. The molecule has 6 nitrogen and oxygen atoms in total. The quantitative estimate of drug-likeness (QED) is 0.597. The van der Waals surface area contributed by atoms with Crippen molar-refractivity contribution in [3.05, 3.63) is 22.4 Å². The van der Waals surface area contributed by atoms with Crippen molar-refractivity contribution >= 4 is 58.0 Å². The van der Waals surface area contributed by atoms with E-state index in [4.69, 9.17) is 0 Å². The molecule has 10 heteroatoms. The summed E-state index contributed by atoms with van der Waals surface area (Å²) in [5.74, 6) is 0.876. The van der Waals surface area contributed by atoms with Gasteiger partial charge in [-0.1, -0.05) is 47.9 Å². The van der Waals surface area contributed by atoms with Crippen LogP contribution in [0.5, 0.6) is 0 Å². The minimum Gasteiger partial charge on any atom is -0.355 e. The van der Waals surface area contributed by atoms with E-state index in [0.717, 1.165) is 34.5 Å². The molecular weight excluding hydrogens is 420 g/mol.